The molecule has 0 aromatic heterocycles. The molecule has 4 N–H and O–H groups in total. The van der Waals surface area contributed by atoms with Crippen molar-refractivity contribution in [3.8, 4) is 17.2 Å². The molecule has 5 heteroatoms. The first-order valence-electron chi connectivity index (χ1n) is 7.56. The molecule has 0 saturated carbocycles. The number of aliphatic hydroxyl groups is 1. The van der Waals surface area contributed by atoms with E-state index in [1.807, 2.05) is 31.2 Å². The molecule has 2 aromatic carbocycles. The predicted octanol–water partition coefficient (Wildman–Crippen LogP) is 2.36. The van der Waals surface area contributed by atoms with Gasteiger partial charge in [-0.1, -0.05) is 18.2 Å². The van der Waals surface area contributed by atoms with E-state index in [0.29, 0.717) is 12.1 Å². The van der Waals surface area contributed by atoms with Crippen LogP contribution in [0.5, 0.6) is 17.2 Å². The van der Waals surface area contributed by atoms with Crippen molar-refractivity contribution in [2.24, 2.45) is 0 Å². The second-order valence-corrected chi connectivity index (χ2v) is 5.63. The molecule has 124 valence electrons. The van der Waals surface area contributed by atoms with Crippen molar-refractivity contribution in [2.75, 3.05) is 13.7 Å². The lowest BCUT2D eigenvalue weighted by Crippen LogP contribution is -2.32. The number of rotatable bonds is 7. The largest absolute Gasteiger partial charge is 0.504 e. The molecule has 0 aliphatic carbocycles. The number of ether oxygens (including phenoxy) is 1. The van der Waals surface area contributed by atoms with E-state index in [-0.39, 0.29) is 17.5 Å². The molecular formula is C18H23NO4. The first kappa shape index (κ1) is 17.1. The van der Waals surface area contributed by atoms with Gasteiger partial charge in [-0.25, -0.2) is 0 Å². The number of phenolic OH excluding ortho intramolecular Hbond substituents is 2. The zero-order valence-electron chi connectivity index (χ0n) is 13.4. The van der Waals surface area contributed by atoms with Crippen LogP contribution in [-0.4, -0.2) is 35.0 Å². The van der Waals surface area contributed by atoms with Gasteiger partial charge in [-0.2, -0.15) is 0 Å². The number of hydrogen-bond donors (Lipinski definition) is 4. The number of phenols is 2. The maximum atomic E-state index is 10.2. The lowest BCUT2D eigenvalue weighted by atomic mass is 10.1. The first-order chi connectivity index (χ1) is 11.0. The first-order valence-corrected chi connectivity index (χ1v) is 7.56. The van der Waals surface area contributed by atoms with Gasteiger partial charge in [0.05, 0.1) is 13.2 Å². The Balaban J connectivity index is 1.87. The van der Waals surface area contributed by atoms with Crippen LogP contribution in [-0.2, 0) is 6.42 Å². The highest BCUT2D eigenvalue weighted by molar-refractivity contribution is 5.41. The van der Waals surface area contributed by atoms with Crippen LogP contribution < -0.4 is 10.1 Å². The van der Waals surface area contributed by atoms with Gasteiger partial charge in [0.2, 0.25) is 0 Å². The van der Waals surface area contributed by atoms with Gasteiger partial charge >= 0.3 is 0 Å². The number of benzene rings is 2. The molecule has 0 radical (unpaired) electrons. The molecule has 23 heavy (non-hydrogen) atoms. The fourth-order valence-corrected chi connectivity index (χ4v) is 2.40. The van der Waals surface area contributed by atoms with Gasteiger partial charge in [-0.3, -0.25) is 0 Å². The summed E-state index contributed by atoms with van der Waals surface area (Å²) in [7, 11) is 1.64. The van der Waals surface area contributed by atoms with E-state index >= 15 is 0 Å². The zero-order valence-corrected chi connectivity index (χ0v) is 13.4. The van der Waals surface area contributed by atoms with Gasteiger partial charge in [-0.05, 0) is 48.7 Å². The molecule has 0 aliphatic heterocycles. The summed E-state index contributed by atoms with van der Waals surface area (Å²) in [4.78, 5) is 0. The fraction of sp³-hybridized carbons (Fsp3) is 0.333. The van der Waals surface area contributed by atoms with Gasteiger partial charge in [0.15, 0.2) is 11.5 Å². The molecule has 2 atom stereocenters. The van der Waals surface area contributed by atoms with Gasteiger partial charge in [-0.15, -0.1) is 0 Å². The van der Waals surface area contributed by atoms with Crippen LogP contribution in [0, 0.1) is 0 Å². The average molecular weight is 317 g/mol. The summed E-state index contributed by atoms with van der Waals surface area (Å²) in [6, 6.07) is 12.4. The lowest BCUT2D eigenvalue weighted by molar-refractivity contribution is 0.170. The SMILES string of the molecule is COc1cccc(C[C@H](C)NC[C@H](O)c2ccc(O)c(O)c2)c1. The highest BCUT2D eigenvalue weighted by Crippen LogP contribution is 2.27. The quantitative estimate of drug-likeness (QED) is 0.589. The van der Waals surface area contributed by atoms with Gasteiger partial charge in [0, 0.05) is 12.6 Å². The lowest BCUT2D eigenvalue weighted by Gasteiger charge is -2.18. The predicted molar refractivity (Wildman–Crippen MR) is 88.9 cm³/mol. The van der Waals surface area contributed by atoms with Crippen molar-refractivity contribution in [3.05, 3.63) is 53.6 Å². The molecular weight excluding hydrogens is 294 g/mol. The third-order valence-corrected chi connectivity index (χ3v) is 3.72. The monoisotopic (exact) mass is 317 g/mol. The van der Waals surface area contributed by atoms with E-state index in [2.05, 4.69) is 5.32 Å². The van der Waals surface area contributed by atoms with Crippen LogP contribution in [0.4, 0.5) is 0 Å². The topological polar surface area (TPSA) is 82.0 Å². The summed E-state index contributed by atoms with van der Waals surface area (Å²) in [5.41, 5.74) is 1.71. The zero-order chi connectivity index (χ0) is 16.8. The Labute approximate surface area is 136 Å². The second-order valence-electron chi connectivity index (χ2n) is 5.63. The minimum absolute atomic E-state index is 0.169. The number of nitrogens with one attached hydrogen (secondary N) is 1. The van der Waals surface area contributed by atoms with Crippen LogP contribution >= 0.6 is 0 Å². The van der Waals surface area contributed by atoms with Gasteiger partial charge < -0.3 is 25.4 Å². The molecule has 0 amide bonds. The van der Waals surface area contributed by atoms with Crippen molar-refractivity contribution >= 4 is 0 Å². The Kier molecular flexibility index (Phi) is 5.84. The van der Waals surface area contributed by atoms with Crippen molar-refractivity contribution < 1.29 is 20.1 Å². The van der Waals surface area contributed by atoms with Crippen molar-refractivity contribution in [1.29, 1.82) is 0 Å². The maximum absolute atomic E-state index is 10.2. The number of aromatic hydroxyl groups is 2. The van der Waals surface area contributed by atoms with Crippen molar-refractivity contribution in [2.45, 2.75) is 25.5 Å². The van der Waals surface area contributed by atoms with Crippen LogP contribution in [0.1, 0.15) is 24.2 Å². The Morgan fingerprint density at radius 3 is 2.57 bits per heavy atom. The van der Waals surface area contributed by atoms with E-state index in [0.717, 1.165) is 17.7 Å². The average Bonchev–Trinajstić information content (AvgIpc) is 2.55. The molecule has 0 aliphatic rings. The summed E-state index contributed by atoms with van der Waals surface area (Å²) in [5.74, 6) is 0.403. The number of hydrogen-bond acceptors (Lipinski definition) is 5. The Morgan fingerprint density at radius 2 is 1.87 bits per heavy atom. The molecule has 2 rings (SSSR count). The van der Waals surface area contributed by atoms with E-state index in [4.69, 9.17) is 4.74 Å². The van der Waals surface area contributed by atoms with Crippen LogP contribution in [0.2, 0.25) is 0 Å². The van der Waals surface area contributed by atoms with E-state index in [1.165, 1.54) is 12.1 Å². The standard InChI is InChI=1S/C18H23NO4/c1-12(8-13-4-3-5-15(9-13)23-2)19-11-18(22)14-6-7-16(20)17(21)10-14/h3-7,9-10,12,18-22H,8,11H2,1-2H3/t12-,18-/m0/s1. The molecule has 0 bridgehead atoms. The smallest absolute Gasteiger partial charge is 0.157 e. The maximum Gasteiger partial charge on any atom is 0.157 e. The van der Waals surface area contributed by atoms with E-state index in [1.54, 1.807) is 13.2 Å². The highest BCUT2D eigenvalue weighted by atomic mass is 16.5. The summed E-state index contributed by atoms with van der Waals surface area (Å²) < 4.78 is 5.21. The Hall–Kier alpha value is -2.24. The third kappa shape index (κ3) is 4.87. The molecule has 5 nitrogen and oxygen atoms in total. The number of methoxy groups -OCH3 is 1. The Morgan fingerprint density at radius 1 is 1.09 bits per heavy atom. The highest BCUT2D eigenvalue weighted by Gasteiger charge is 2.12. The minimum Gasteiger partial charge on any atom is -0.504 e. The number of aliphatic hydroxyl groups excluding tert-OH is 1. The molecule has 0 fully saturated rings. The van der Waals surface area contributed by atoms with Crippen LogP contribution in [0.3, 0.4) is 0 Å². The van der Waals surface area contributed by atoms with Crippen molar-refractivity contribution in [3.63, 3.8) is 0 Å². The fourth-order valence-electron chi connectivity index (χ4n) is 2.40. The normalized spacial score (nSPS) is 13.5. The molecule has 0 saturated heterocycles. The van der Waals surface area contributed by atoms with Crippen molar-refractivity contribution in [1.82, 2.24) is 5.32 Å². The summed E-state index contributed by atoms with van der Waals surface area (Å²) in [6.07, 6.45) is 0.0550. The molecule has 0 unspecified atom stereocenters. The van der Waals surface area contributed by atoms with Gasteiger partial charge in [0.1, 0.15) is 5.75 Å². The second kappa shape index (κ2) is 7.85. The van der Waals surface area contributed by atoms with Crippen LogP contribution in [0.25, 0.3) is 0 Å². The Bertz CT molecular complexity index is 645. The molecule has 0 heterocycles. The van der Waals surface area contributed by atoms with E-state index < -0.39 is 6.10 Å². The van der Waals surface area contributed by atoms with Crippen LogP contribution in [0.15, 0.2) is 42.5 Å². The summed E-state index contributed by atoms with van der Waals surface area (Å²) in [6.45, 7) is 2.40. The molecule has 2 aromatic rings. The molecule has 0 spiro atoms. The third-order valence-electron chi connectivity index (χ3n) is 3.72. The summed E-state index contributed by atoms with van der Waals surface area (Å²) >= 11 is 0. The minimum atomic E-state index is -0.755. The van der Waals surface area contributed by atoms with Gasteiger partial charge in [0.25, 0.3) is 0 Å². The summed E-state index contributed by atoms with van der Waals surface area (Å²) in [5, 5.41) is 32.2. The van der Waals surface area contributed by atoms with E-state index in [9.17, 15) is 15.3 Å².